The van der Waals surface area contributed by atoms with Gasteiger partial charge in [0.15, 0.2) is 17.5 Å². The number of hydrogen-bond donors (Lipinski definition) is 0. The lowest BCUT2D eigenvalue weighted by molar-refractivity contribution is -0.185. The summed E-state index contributed by atoms with van der Waals surface area (Å²) >= 11 is 0. The third-order valence-electron chi connectivity index (χ3n) is 6.15. The molecule has 1 aliphatic carbocycles. The summed E-state index contributed by atoms with van der Waals surface area (Å²) in [6.45, 7) is 2.25. The van der Waals surface area contributed by atoms with Crippen LogP contribution in [-0.4, -0.2) is 0 Å². The number of halogens is 5. The maximum Gasteiger partial charge on any atom is 0.426 e. The van der Waals surface area contributed by atoms with E-state index in [9.17, 15) is 22.0 Å². The molecule has 0 aromatic heterocycles. The first kappa shape index (κ1) is 22.3. The molecule has 32 heavy (non-hydrogen) atoms. The van der Waals surface area contributed by atoms with Crippen molar-refractivity contribution in [3.63, 3.8) is 0 Å². The van der Waals surface area contributed by atoms with E-state index < -0.39 is 29.1 Å². The molecule has 1 saturated carbocycles. The monoisotopic (exact) mass is 446 g/mol. The average Bonchev–Trinajstić information content (AvgIpc) is 2.78. The molecule has 0 bridgehead atoms. The highest BCUT2D eigenvalue weighted by Crippen LogP contribution is 2.37. The molecule has 0 N–H and O–H groups in total. The van der Waals surface area contributed by atoms with E-state index in [-0.39, 0.29) is 16.9 Å². The fraction of sp³-hybridized carbons (Fsp3) is 0.308. The quantitative estimate of drug-likeness (QED) is 0.284. The highest BCUT2D eigenvalue weighted by Gasteiger charge is 2.34. The Labute approximate surface area is 183 Å². The average molecular weight is 446 g/mol. The van der Waals surface area contributed by atoms with Gasteiger partial charge in [0.1, 0.15) is 5.75 Å². The molecule has 4 rings (SSSR count). The van der Waals surface area contributed by atoms with Gasteiger partial charge in [0, 0.05) is 0 Å². The van der Waals surface area contributed by atoms with Crippen LogP contribution in [0.3, 0.4) is 0 Å². The minimum absolute atomic E-state index is 0.0462. The summed E-state index contributed by atoms with van der Waals surface area (Å²) in [5.74, 6) is -3.02. The lowest BCUT2D eigenvalue weighted by atomic mass is 9.79. The molecule has 0 aliphatic heterocycles. The standard InChI is InChI=1S/C26H23F5O/c1-16-2-4-17(5-3-16)18-8-12-22(13-9-18)32-26(30,31)21-10-6-19(7-11-21)20-14-23(27)25(29)24(28)15-20/h6-17H,2-5H2,1H3. The molecule has 0 radical (unpaired) electrons. The third-order valence-corrected chi connectivity index (χ3v) is 6.15. The number of ether oxygens (including phenoxy) is 1. The lowest BCUT2D eigenvalue weighted by Gasteiger charge is -2.26. The summed E-state index contributed by atoms with van der Waals surface area (Å²) in [7, 11) is 0. The SMILES string of the molecule is CC1CCC(c2ccc(OC(F)(F)c3ccc(-c4cc(F)c(F)c(F)c4)cc3)cc2)CC1. The molecular formula is C26H23F5O. The molecule has 0 atom stereocenters. The second-order valence-electron chi connectivity index (χ2n) is 8.48. The van der Waals surface area contributed by atoms with Gasteiger partial charge >= 0.3 is 6.11 Å². The molecule has 1 nitrogen and oxygen atoms in total. The van der Waals surface area contributed by atoms with E-state index in [1.165, 1.54) is 25.0 Å². The van der Waals surface area contributed by atoms with E-state index in [1.807, 2.05) is 12.1 Å². The Hall–Kier alpha value is -2.89. The van der Waals surface area contributed by atoms with Crippen LogP contribution >= 0.6 is 0 Å². The molecule has 3 aromatic rings. The summed E-state index contributed by atoms with van der Waals surface area (Å²) in [5.41, 5.74) is 1.05. The molecule has 1 fully saturated rings. The summed E-state index contributed by atoms with van der Waals surface area (Å²) in [6, 6.07) is 13.2. The van der Waals surface area contributed by atoms with Gasteiger partial charge in [-0.05, 0) is 77.8 Å². The fourth-order valence-corrected chi connectivity index (χ4v) is 4.19. The Morgan fingerprint density at radius 2 is 1.31 bits per heavy atom. The first-order chi connectivity index (χ1) is 15.2. The van der Waals surface area contributed by atoms with Crippen molar-refractivity contribution in [1.82, 2.24) is 0 Å². The largest absolute Gasteiger partial charge is 0.429 e. The van der Waals surface area contributed by atoms with Gasteiger partial charge in [0.2, 0.25) is 0 Å². The van der Waals surface area contributed by atoms with Gasteiger partial charge in [-0.2, -0.15) is 8.78 Å². The van der Waals surface area contributed by atoms with Crippen molar-refractivity contribution in [1.29, 1.82) is 0 Å². The molecule has 3 aromatic carbocycles. The van der Waals surface area contributed by atoms with Gasteiger partial charge in [0.05, 0.1) is 5.56 Å². The highest BCUT2D eigenvalue weighted by atomic mass is 19.3. The van der Waals surface area contributed by atoms with Crippen molar-refractivity contribution in [2.24, 2.45) is 5.92 Å². The Balaban J connectivity index is 1.46. The topological polar surface area (TPSA) is 9.23 Å². The molecule has 1 aliphatic rings. The zero-order valence-corrected chi connectivity index (χ0v) is 17.6. The smallest absolute Gasteiger partial charge is 0.426 e. The summed E-state index contributed by atoms with van der Waals surface area (Å²) < 4.78 is 74.3. The van der Waals surface area contributed by atoms with Crippen LogP contribution in [0.15, 0.2) is 60.7 Å². The summed E-state index contributed by atoms with van der Waals surface area (Å²) in [6.07, 6.45) is 0.958. The molecule has 0 spiro atoms. The van der Waals surface area contributed by atoms with Gasteiger partial charge < -0.3 is 4.74 Å². The highest BCUT2D eigenvalue weighted by molar-refractivity contribution is 5.64. The van der Waals surface area contributed by atoms with Crippen LogP contribution < -0.4 is 4.74 Å². The van der Waals surface area contributed by atoms with E-state index in [4.69, 9.17) is 4.74 Å². The van der Waals surface area contributed by atoms with Crippen LogP contribution in [0.2, 0.25) is 0 Å². The second kappa shape index (κ2) is 8.93. The van der Waals surface area contributed by atoms with Crippen molar-refractivity contribution in [3.05, 3.63) is 89.2 Å². The summed E-state index contributed by atoms with van der Waals surface area (Å²) in [4.78, 5) is 0. The van der Waals surface area contributed by atoms with Crippen LogP contribution in [0.1, 0.15) is 49.7 Å². The van der Waals surface area contributed by atoms with E-state index in [2.05, 4.69) is 6.92 Å². The van der Waals surface area contributed by atoms with Crippen molar-refractivity contribution in [3.8, 4) is 16.9 Å². The Morgan fingerprint density at radius 1 is 0.750 bits per heavy atom. The predicted molar refractivity (Wildman–Crippen MR) is 113 cm³/mol. The van der Waals surface area contributed by atoms with Gasteiger partial charge in [0.25, 0.3) is 0 Å². The van der Waals surface area contributed by atoms with Crippen LogP contribution in [-0.2, 0) is 6.11 Å². The maximum absolute atomic E-state index is 14.7. The van der Waals surface area contributed by atoms with E-state index in [1.54, 1.807) is 12.1 Å². The van der Waals surface area contributed by atoms with E-state index in [0.29, 0.717) is 5.92 Å². The van der Waals surface area contributed by atoms with Gasteiger partial charge in [-0.3, -0.25) is 0 Å². The first-order valence-electron chi connectivity index (χ1n) is 10.6. The molecule has 0 amide bonds. The molecule has 6 heteroatoms. The fourth-order valence-electron chi connectivity index (χ4n) is 4.19. The molecular weight excluding hydrogens is 423 g/mol. The number of benzene rings is 3. The van der Waals surface area contributed by atoms with Crippen molar-refractivity contribution >= 4 is 0 Å². The van der Waals surface area contributed by atoms with Crippen molar-refractivity contribution < 1.29 is 26.7 Å². The Bertz CT molecular complexity index is 1050. The van der Waals surface area contributed by atoms with Crippen LogP contribution in [0.5, 0.6) is 5.75 Å². The Morgan fingerprint density at radius 3 is 1.88 bits per heavy atom. The van der Waals surface area contributed by atoms with E-state index in [0.717, 1.165) is 48.6 Å². The normalized spacial score (nSPS) is 19.1. The zero-order valence-electron chi connectivity index (χ0n) is 17.6. The molecule has 0 saturated heterocycles. The van der Waals surface area contributed by atoms with Crippen molar-refractivity contribution in [2.75, 3.05) is 0 Å². The first-order valence-corrected chi connectivity index (χ1v) is 10.6. The van der Waals surface area contributed by atoms with E-state index >= 15 is 0 Å². The lowest BCUT2D eigenvalue weighted by Crippen LogP contribution is -2.21. The molecule has 0 heterocycles. The van der Waals surface area contributed by atoms with Crippen LogP contribution in [0, 0.1) is 23.4 Å². The number of hydrogen-bond acceptors (Lipinski definition) is 1. The second-order valence-corrected chi connectivity index (χ2v) is 8.48. The molecule has 168 valence electrons. The van der Waals surface area contributed by atoms with Gasteiger partial charge in [-0.1, -0.05) is 44.0 Å². The minimum atomic E-state index is -3.60. The predicted octanol–water partition coefficient (Wildman–Crippen LogP) is 8.19. The third kappa shape index (κ3) is 4.79. The van der Waals surface area contributed by atoms with Crippen LogP contribution in [0.4, 0.5) is 22.0 Å². The zero-order chi connectivity index (χ0) is 22.9. The van der Waals surface area contributed by atoms with Gasteiger partial charge in [-0.15, -0.1) is 0 Å². The van der Waals surface area contributed by atoms with Crippen molar-refractivity contribution in [2.45, 2.75) is 44.6 Å². The van der Waals surface area contributed by atoms with Gasteiger partial charge in [-0.25, -0.2) is 13.2 Å². The molecule has 0 unspecified atom stereocenters. The minimum Gasteiger partial charge on any atom is -0.429 e. The maximum atomic E-state index is 14.7. The summed E-state index contributed by atoms with van der Waals surface area (Å²) in [5, 5.41) is 0. The number of rotatable bonds is 5. The Kier molecular flexibility index (Phi) is 6.22. The van der Waals surface area contributed by atoms with Crippen LogP contribution in [0.25, 0.3) is 11.1 Å². The number of alkyl halides is 2.